The molecule has 1 aromatic heterocycles. The largest absolute Gasteiger partial charge is 0.484 e. The van der Waals surface area contributed by atoms with Crippen LogP contribution in [0.15, 0.2) is 40.1 Å². The summed E-state index contributed by atoms with van der Waals surface area (Å²) < 4.78 is 81.0. The molecule has 2 rings (SSSR count). The van der Waals surface area contributed by atoms with Gasteiger partial charge in [0.2, 0.25) is 5.91 Å². The van der Waals surface area contributed by atoms with Crippen LogP contribution in [0.1, 0.15) is 24.9 Å². The highest BCUT2D eigenvalue weighted by atomic mass is 19.4. The lowest BCUT2D eigenvalue weighted by atomic mass is 10.2. The summed E-state index contributed by atoms with van der Waals surface area (Å²) >= 11 is 0. The summed E-state index contributed by atoms with van der Waals surface area (Å²) in [6, 6.07) is 5.76. The van der Waals surface area contributed by atoms with Crippen LogP contribution in [0.4, 0.5) is 26.3 Å². The number of benzene rings is 1. The maximum Gasteiger partial charge on any atom is 0.422 e. The zero-order valence-electron chi connectivity index (χ0n) is 17.8. The van der Waals surface area contributed by atoms with Crippen molar-refractivity contribution in [3.8, 4) is 11.4 Å². The number of carbonyl (C=O) groups excluding carboxylic acids is 1. The summed E-state index contributed by atoms with van der Waals surface area (Å²) in [5, 5.41) is 0. The first-order valence-electron chi connectivity index (χ1n) is 9.43. The van der Waals surface area contributed by atoms with Gasteiger partial charge in [-0.2, -0.15) is 26.3 Å². The van der Waals surface area contributed by atoms with Crippen molar-refractivity contribution in [2.75, 3.05) is 20.7 Å². The third-order valence-electron chi connectivity index (χ3n) is 4.35. The molecule has 33 heavy (non-hydrogen) atoms. The van der Waals surface area contributed by atoms with Gasteiger partial charge < -0.3 is 4.74 Å². The first kappa shape index (κ1) is 25.9. The van der Waals surface area contributed by atoms with E-state index in [9.17, 15) is 35.9 Å². The number of hydrogen-bond donors (Lipinski definition) is 0. The number of rotatable bonds is 6. The highest BCUT2D eigenvalue weighted by Crippen LogP contribution is 2.23. The van der Waals surface area contributed by atoms with E-state index < -0.39 is 43.3 Å². The molecule has 0 saturated carbocycles. The Balaban J connectivity index is 2.52. The number of aromatic nitrogens is 2. The third kappa shape index (κ3) is 7.32. The standard InChI is InChI=1S/C20H20F6N4O3/c1-12(31)29(3)18(27-2)15-10-17(32)30(16(28-15)8-9-19(21,22)23)13-4-6-14(7-5-13)33-11-20(24,25)26/h4-7,10H,8-9,11H2,1-3H3. The third-order valence-corrected chi connectivity index (χ3v) is 4.35. The van der Waals surface area contributed by atoms with Crippen LogP contribution in [0.5, 0.6) is 5.75 Å². The highest BCUT2D eigenvalue weighted by molar-refractivity contribution is 6.05. The topological polar surface area (TPSA) is 76.8 Å². The van der Waals surface area contributed by atoms with Gasteiger partial charge in [0.05, 0.1) is 12.1 Å². The van der Waals surface area contributed by atoms with E-state index in [1.54, 1.807) is 0 Å². The Labute approximate surface area is 184 Å². The van der Waals surface area contributed by atoms with E-state index in [4.69, 9.17) is 0 Å². The number of ether oxygens (including phenoxy) is 1. The maximum atomic E-state index is 12.9. The van der Waals surface area contributed by atoms with Crippen molar-refractivity contribution in [3.05, 3.63) is 52.2 Å². The van der Waals surface area contributed by atoms with Crippen molar-refractivity contribution in [2.24, 2.45) is 4.99 Å². The molecule has 0 fully saturated rings. The average Bonchev–Trinajstić information content (AvgIpc) is 2.70. The summed E-state index contributed by atoms with van der Waals surface area (Å²) in [7, 11) is 2.70. The van der Waals surface area contributed by atoms with E-state index in [0.29, 0.717) is 0 Å². The number of aliphatic imine (C=N–C) groups is 1. The number of hydrogen-bond acceptors (Lipinski definition) is 5. The smallest absolute Gasteiger partial charge is 0.422 e. The van der Waals surface area contributed by atoms with Crippen molar-refractivity contribution in [2.45, 2.75) is 32.1 Å². The van der Waals surface area contributed by atoms with E-state index in [2.05, 4.69) is 14.7 Å². The summed E-state index contributed by atoms with van der Waals surface area (Å²) in [4.78, 5) is 33.7. The number of aryl methyl sites for hydroxylation is 1. The average molecular weight is 478 g/mol. The molecule has 0 atom stereocenters. The van der Waals surface area contributed by atoms with Crippen molar-refractivity contribution in [3.63, 3.8) is 0 Å². The van der Waals surface area contributed by atoms with Crippen molar-refractivity contribution < 1.29 is 35.9 Å². The number of nitrogens with zero attached hydrogens (tertiary/aromatic N) is 4. The van der Waals surface area contributed by atoms with Gasteiger partial charge in [-0.15, -0.1) is 0 Å². The molecule has 1 amide bonds. The van der Waals surface area contributed by atoms with Crippen LogP contribution in [0.3, 0.4) is 0 Å². The second kappa shape index (κ2) is 10.0. The monoisotopic (exact) mass is 478 g/mol. The van der Waals surface area contributed by atoms with Crippen molar-refractivity contribution in [1.82, 2.24) is 14.5 Å². The molecule has 0 aliphatic heterocycles. The Morgan fingerprint density at radius 1 is 1.12 bits per heavy atom. The summed E-state index contributed by atoms with van der Waals surface area (Å²) in [6.45, 7) is -0.290. The molecule has 0 unspecified atom stereocenters. The molecule has 0 N–H and O–H groups in total. The molecule has 0 aliphatic carbocycles. The summed E-state index contributed by atoms with van der Waals surface area (Å²) in [6.07, 6.45) is -11.0. The molecule has 2 aromatic rings. The Hall–Kier alpha value is -3.38. The zero-order chi connectivity index (χ0) is 25.0. The Bertz CT molecular complexity index is 1080. The molecule has 1 aromatic carbocycles. The Morgan fingerprint density at radius 2 is 1.73 bits per heavy atom. The van der Waals surface area contributed by atoms with E-state index in [1.165, 1.54) is 33.2 Å². The minimum absolute atomic E-state index is 0.0177. The number of carbonyl (C=O) groups is 1. The molecular weight excluding hydrogens is 458 g/mol. The predicted octanol–water partition coefficient (Wildman–Crippen LogP) is 3.52. The minimum Gasteiger partial charge on any atom is -0.484 e. The molecule has 13 heteroatoms. The van der Waals surface area contributed by atoms with E-state index in [0.717, 1.165) is 27.7 Å². The SMILES string of the molecule is CN=C(c1cc(=O)n(-c2ccc(OCC(F)(F)F)cc2)c(CCC(F)(F)F)n1)N(C)C(C)=O. The summed E-state index contributed by atoms with van der Waals surface area (Å²) in [5.41, 5.74) is -0.788. The van der Waals surface area contributed by atoms with Gasteiger partial charge in [-0.1, -0.05) is 0 Å². The molecule has 0 aliphatic rings. The lowest BCUT2D eigenvalue weighted by Gasteiger charge is -2.19. The lowest BCUT2D eigenvalue weighted by Crippen LogP contribution is -2.35. The molecule has 1 heterocycles. The number of alkyl halides is 6. The van der Waals surface area contributed by atoms with Crippen LogP contribution in [0.25, 0.3) is 5.69 Å². The first-order valence-corrected chi connectivity index (χ1v) is 9.43. The van der Waals surface area contributed by atoms with Crippen LogP contribution in [0.2, 0.25) is 0 Å². The fourth-order valence-electron chi connectivity index (χ4n) is 2.78. The zero-order valence-corrected chi connectivity index (χ0v) is 17.8. The van der Waals surface area contributed by atoms with Gasteiger partial charge in [-0.3, -0.25) is 24.0 Å². The van der Waals surface area contributed by atoms with Crippen molar-refractivity contribution >= 4 is 11.7 Å². The summed E-state index contributed by atoms with van der Waals surface area (Å²) in [5.74, 6) is -0.866. The quantitative estimate of drug-likeness (QED) is 0.362. The fourth-order valence-corrected chi connectivity index (χ4v) is 2.78. The van der Waals surface area contributed by atoms with E-state index in [-0.39, 0.29) is 28.8 Å². The number of halogens is 6. The van der Waals surface area contributed by atoms with Gasteiger partial charge in [0.25, 0.3) is 5.56 Å². The molecule has 180 valence electrons. The molecule has 0 saturated heterocycles. The Kier molecular flexibility index (Phi) is 7.88. The van der Waals surface area contributed by atoms with Gasteiger partial charge in [0.1, 0.15) is 17.3 Å². The minimum atomic E-state index is -4.55. The van der Waals surface area contributed by atoms with Gasteiger partial charge >= 0.3 is 12.4 Å². The number of amides is 1. The first-order chi connectivity index (χ1) is 15.2. The molecule has 0 bridgehead atoms. The predicted molar refractivity (Wildman–Crippen MR) is 107 cm³/mol. The highest BCUT2D eigenvalue weighted by Gasteiger charge is 2.29. The fraction of sp³-hybridized carbons (Fsp3) is 0.400. The number of amidine groups is 1. The van der Waals surface area contributed by atoms with Crippen LogP contribution in [-0.4, -0.2) is 59.2 Å². The molecule has 0 radical (unpaired) electrons. The van der Waals surface area contributed by atoms with Crippen LogP contribution < -0.4 is 10.3 Å². The normalized spacial score (nSPS) is 12.6. The second-order valence-corrected chi connectivity index (χ2v) is 6.87. The van der Waals surface area contributed by atoms with Gasteiger partial charge in [0.15, 0.2) is 12.4 Å². The second-order valence-electron chi connectivity index (χ2n) is 6.87. The molecule has 7 nitrogen and oxygen atoms in total. The van der Waals surface area contributed by atoms with E-state index in [1.807, 2.05) is 0 Å². The van der Waals surface area contributed by atoms with Gasteiger partial charge in [-0.25, -0.2) is 4.98 Å². The van der Waals surface area contributed by atoms with Crippen LogP contribution in [-0.2, 0) is 11.2 Å². The lowest BCUT2D eigenvalue weighted by molar-refractivity contribution is -0.153. The van der Waals surface area contributed by atoms with Crippen molar-refractivity contribution in [1.29, 1.82) is 0 Å². The maximum absolute atomic E-state index is 12.9. The van der Waals surface area contributed by atoms with E-state index >= 15 is 0 Å². The molecule has 0 spiro atoms. The van der Waals surface area contributed by atoms with Crippen LogP contribution >= 0.6 is 0 Å². The van der Waals surface area contributed by atoms with Gasteiger partial charge in [0, 0.05) is 33.5 Å². The van der Waals surface area contributed by atoms with Crippen LogP contribution in [0, 0.1) is 0 Å². The molecular formula is C20H20F6N4O3. The Morgan fingerprint density at radius 3 is 2.21 bits per heavy atom. The van der Waals surface area contributed by atoms with Gasteiger partial charge in [-0.05, 0) is 24.3 Å².